The molecule has 1 amide bonds. The number of halogens is 1. The van der Waals surface area contributed by atoms with Gasteiger partial charge in [0.2, 0.25) is 0 Å². The Bertz CT molecular complexity index is 1390. The maximum Gasteiger partial charge on any atom is 0.407 e. The van der Waals surface area contributed by atoms with Crippen LogP contribution >= 0.6 is 11.6 Å². The number of nitrogens with zero attached hydrogens (tertiary/aromatic N) is 3. The number of amides is 1. The molecule has 3 aromatic carbocycles. The van der Waals surface area contributed by atoms with Crippen LogP contribution in [0.3, 0.4) is 0 Å². The minimum atomic E-state index is -0.913. The quantitative estimate of drug-likeness (QED) is 0.285. The van der Waals surface area contributed by atoms with Gasteiger partial charge < -0.3 is 15.0 Å². The van der Waals surface area contributed by atoms with Crippen molar-refractivity contribution in [3.05, 3.63) is 105 Å². The molecule has 7 nitrogen and oxygen atoms in total. The first-order valence-electron chi connectivity index (χ1n) is 13.2. The topological polar surface area (TPSA) is 81.6 Å². The van der Waals surface area contributed by atoms with E-state index in [0.717, 1.165) is 11.9 Å². The van der Waals surface area contributed by atoms with Gasteiger partial charge in [-0.25, -0.2) is 9.59 Å². The number of nitrogens with one attached hydrogen (secondary N) is 1. The molecule has 0 aliphatic carbocycles. The SMILES string of the molecule is CCC(C1CC(n2c(=O)[nH]c3cc(Cl)ccc32)CCN1C(=O)O)N(Cc1ccccc1)Cc1ccccc1. The van der Waals surface area contributed by atoms with E-state index < -0.39 is 6.09 Å². The normalized spacial score (nSPS) is 18.7. The van der Waals surface area contributed by atoms with Crippen LogP contribution in [0.1, 0.15) is 43.4 Å². The Balaban J connectivity index is 1.50. The van der Waals surface area contributed by atoms with Crippen molar-refractivity contribution < 1.29 is 9.90 Å². The first kappa shape index (κ1) is 26.1. The summed E-state index contributed by atoms with van der Waals surface area (Å²) < 4.78 is 1.79. The zero-order valence-corrected chi connectivity index (χ0v) is 22.2. The fourth-order valence-corrected chi connectivity index (χ4v) is 6.15. The standard InChI is InChI=1S/C30H33ClN4O3/c1-2-26(33(19-21-9-5-3-6-10-21)20-22-11-7-4-8-12-22)28-18-24(15-16-34(28)30(37)38)35-27-14-13-23(31)17-25(27)32-29(35)36/h3-14,17,24,26,28H,2,15-16,18-20H2,1H3,(H,32,36)(H,37,38). The summed E-state index contributed by atoms with van der Waals surface area (Å²) in [6.07, 6.45) is 0.996. The molecule has 2 heterocycles. The molecule has 0 radical (unpaired) electrons. The summed E-state index contributed by atoms with van der Waals surface area (Å²) in [7, 11) is 0. The smallest absolute Gasteiger partial charge is 0.407 e. The lowest BCUT2D eigenvalue weighted by atomic mass is 9.89. The third-order valence-corrected chi connectivity index (χ3v) is 7.93. The van der Waals surface area contributed by atoms with E-state index in [4.69, 9.17) is 11.6 Å². The molecule has 4 aromatic rings. The molecular weight excluding hydrogens is 500 g/mol. The van der Waals surface area contributed by atoms with Crippen LogP contribution < -0.4 is 5.69 Å². The number of imidazole rings is 1. The largest absolute Gasteiger partial charge is 0.465 e. The monoisotopic (exact) mass is 532 g/mol. The molecule has 1 saturated heterocycles. The third kappa shape index (κ3) is 5.49. The molecule has 0 bridgehead atoms. The number of carboxylic acid groups (broad SMARTS) is 1. The number of H-pyrrole nitrogens is 1. The predicted octanol–water partition coefficient (Wildman–Crippen LogP) is 6.15. The van der Waals surface area contributed by atoms with Gasteiger partial charge in [0.15, 0.2) is 0 Å². The number of piperidine rings is 1. The molecule has 1 aromatic heterocycles. The molecule has 3 unspecified atom stereocenters. The van der Waals surface area contributed by atoms with Crippen molar-refractivity contribution >= 4 is 28.7 Å². The molecule has 8 heteroatoms. The number of hydrogen-bond acceptors (Lipinski definition) is 3. The van der Waals surface area contributed by atoms with Gasteiger partial charge >= 0.3 is 11.8 Å². The second-order valence-corrected chi connectivity index (χ2v) is 10.5. The fourth-order valence-electron chi connectivity index (χ4n) is 5.98. The Morgan fingerprint density at radius 3 is 2.26 bits per heavy atom. The van der Waals surface area contributed by atoms with Crippen molar-refractivity contribution in [2.45, 2.75) is 57.4 Å². The minimum Gasteiger partial charge on any atom is -0.465 e. The molecule has 198 valence electrons. The first-order valence-corrected chi connectivity index (χ1v) is 13.5. The minimum absolute atomic E-state index is 0.0373. The van der Waals surface area contributed by atoms with Crippen LogP contribution in [0.2, 0.25) is 5.02 Å². The van der Waals surface area contributed by atoms with Crippen molar-refractivity contribution in [1.82, 2.24) is 19.4 Å². The molecule has 5 rings (SSSR count). The number of aromatic nitrogens is 2. The molecule has 0 spiro atoms. The van der Waals surface area contributed by atoms with Gasteiger partial charge in [-0.3, -0.25) is 9.47 Å². The van der Waals surface area contributed by atoms with Gasteiger partial charge in [-0.2, -0.15) is 0 Å². The maximum absolute atomic E-state index is 13.1. The van der Waals surface area contributed by atoms with E-state index in [1.165, 1.54) is 11.1 Å². The number of benzene rings is 3. The van der Waals surface area contributed by atoms with E-state index in [2.05, 4.69) is 41.1 Å². The molecule has 38 heavy (non-hydrogen) atoms. The van der Waals surface area contributed by atoms with Crippen molar-refractivity contribution in [3.63, 3.8) is 0 Å². The highest BCUT2D eigenvalue weighted by atomic mass is 35.5. The number of carbonyl (C=O) groups is 1. The zero-order chi connectivity index (χ0) is 26.6. The van der Waals surface area contributed by atoms with Gasteiger partial charge in [0.05, 0.1) is 17.1 Å². The number of hydrogen-bond donors (Lipinski definition) is 2. The second-order valence-electron chi connectivity index (χ2n) is 10.0. The van der Waals surface area contributed by atoms with E-state index in [9.17, 15) is 14.7 Å². The fraction of sp³-hybridized carbons (Fsp3) is 0.333. The molecule has 0 saturated carbocycles. The Morgan fingerprint density at radius 2 is 1.68 bits per heavy atom. The Kier molecular flexibility index (Phi) is 7.86. The molecule has 1 aliphatic heterocycles. The summed E-state index contributed by atoms with van der Waals surface area (Å²) >= 11 is 6.16. The van der Waals surface area contributed by atoms with Crippen LogP contribution in [-0.4, -0.2) is 49.2 Å². The lowest BCUT2D eigenvalue weighted by Crippen LogP contribution is -2.56. The number of likely N-dealkylation sites (tertiary alicyclic amines) is 1. The van der Waals surface area contributed by atoms with Crippen LogP contribution in [-0.2, 0) is 13.1 Å². The predicted molar refractivity (Wildman–Crippen MR) is 151 cm³/mol. The highest BCUT2D eigenvalue weighted by molar-refractivity contribution is 6.31. The number of aromatic amines is 1. The average Bonchev–Trinajstić information content (AvgIpc) is 3.24. The maximum atomic E-state index is 13.1. The van der Waals surface area contributed by atoms with E-state index in [1.807, 2.05) is 42.5 Å². The summed E-state index contributed by atoms with van der Waals surface area (Å²) in [5.41, 5.74) is 3.67. The van der Waals surface area contributed by atoms with Gasteiger partial charge in [-0.15, -0.1) is 0 Å². The summed E-state index contributed by atoms with van der Waals surface area (Å²) in [5.74, 6) is 0. The third-order valence-electron chi connectivity index (χ3n) is 7.69. The van der Waals surface area contributed by atoms with E-state index >= 15 is 0 Å². The van der Waals surface area contributed by atoms with Gasteiger partial charge in [-0.05, 0) is 48.6 Å². The van der Waals surface area contributed by atoms with Gasteiger partial charge in [0.25, 0.3) is 0 Å². The van der Waals surface area contributed by atoms with Gasteiger partial charge in [0.1, 0.15) is 0 Å². The van der Waals surface area contributed by atoms with Gasteiger partial charge in [-0.1, -0.05) is 79.2 Å². The van der Waals surface area contributed by atoms with E-state index in [1.54, 1.807) is 21.6 Å². The summed E-state index contributed by atoms with van der Waals surface area (Å²) in [5, 5.41) is 10.8. The summed E-state index contributed by atoms with van der Waals surface area (Å²) in [6, 6.07) is 25.6. The number of fused-ring (bicyclic) bond motifs is 1. The zero-order valence-electron chi connectivity index (χ0n) is 21.5. The molecule has 1 fully saturated rings. The Labute approximate surface area is 227 Å². The van der Waals surface area contributed by atoms with Crippen LogP contribution in [0.5, 0.6) is 0 Å². The average molecular weight is 533 g/mol. The second kappa shape index (κ2) is 11.5. The van der Waals surface area contributed by atoms with Crippen molar-refractivity contribution in [2.75, 3.05) is 6.54 Å². The summed E-state index contributed by atoms with van der Waals surface area (Å²) in [6.45, 7) is 3.90. The van der Waals surface area contributed by atoms with Crippen LogP contribution in [0.25, 0.3) is 11.0 Å². The van der Waals surface area contributed by atoms with Crippen LogP contribution in [0.4, 0.5) is 4.79 Å². The molecule has 2 N–H and O–H groups in total. The van der Waals surface area contributed by atoms with E-state index in [0.29, 0.717) is 43.0 Å². The lowest BCUT2D eigenvalue weighted by molar-refractivity contribution is 0.0293. The highest BCUT2D eigenvalue weighted by Crippen LogP contribution is 2.34. The Hall–Kier alpha value is -3.55. The van der Waals surface area contributed by atoms with Crippen molar-refractivity contribution in [3.8, 4) is 0 Å². The molecular formula is C30H33ClN4O3. The number of rotatable bonds is 8. The van der Waals surface area contributed by atoms with Crippen LogP contribution in [0.15, 0.2) is 83.7 Å². The first-order chi connectivity index (χ1) is 18.4. The molecule has 3 atom stereocenters. The molecule has 1 aliphatic rings. The highest BCUT2D eigenvalue weighted by Gasteiger charge is 2.39. The summed E-state index contributed by atoms with van der Waals surface area (Å²) in [4.78, 5) is 32.4. The van der Waals surface area contributed by atoms with Crippen molar-refractivity contribution in [2.24, 2.45) is 0 Å². The lowest BCUT2D eigenvalue weighted by Gasteiger charge is -2.46. The van der Waals surface area contributed by atoms with Crippen molar-refractivity contribution in [1.29, 1.82) is 0 Å². The van der Waals surface area contributed by atoms with Gasteiger partial charge in [0, 0.05) is 36.7 Å². The Morgan fingerprint density at radius 1 is 1.05 bits per heavy atom. The van der Waals surface area contributed by atoms with E-state index in [-0.39, 0.29) is 23.8 Å². The van der Waals surface area contributed by atoms with Crippen LogP contribution in [0, 0.1) is 0 Å².